The van der Waals surface area contributed by atoms with Crippen molar-refractivity contribution in [1.82, 2.24) is 29.2 Å². The van der Waals surface area contributed by atoms with Crippen molar-refractivity contribution in [2.24, 2.45) is 0 Å². The first-order valence-corrected chi connectivity index (χ1v) is 14.4. The number of nitrogens with zero attached hydrogens (tertiary/aromatic N) is 6. The van der Waals surface area contributed by atoms with Crippen LogP contribution in [-0.2, 0) is 10.0 Å². The summed E-state index contributed by atoms with van der Waals surface area (Å²) in [4.78, 5) is 21.7. The van der Waals surface area contributed by atoms with Gasteiger partial charge in [0.25, 0.3) is 10.0 Å². The lowest BCUT2D eigenvalue weighted by molar-refractivity contribution is 0.421. The quantitative estimate of drug-likeness (QED) is 0.368. The van der Waals surface area contributed by atoms with Crippen molar-refractivity contribution < 1.29 is 8.42 Å². The molecule has 1 saturated heterocycles. The molecule has 4 aromatic heterocycles. The van der Waals surface area contributed by atoms with E-state index in [1.54, 1.807) is 48.8 Å². The van der Waals surface area contributed by atoms with Crippen molar-refractivity contribution in [3.05, 3.63) is 72.8 Å². The van der Waals surface area contributed by atoms with Gasteiger partial charge in [-0.1, -0.05) is 24.6 Å². The van der Waals surface area contributed by atoms with Gasteiger partial charge >= 0.3 is 0 Å². The highest BCUT2D eigenvalue weighted by Gasteiger charge is 2.27. The largest absolute Gasteiger partial charge is 0.353 e. The van der Waals surface area contributed by atoms with Crippen LogP contribution in [0.2, 0.25) is 0 Å². The molecule has 9 nitrogen and oxygen atoms in total. The Bertz CT molecular complexity index is 1760. The molecule has 2 fully saturated rings. The van der Waals surface area contributed by atoms with Crippen LogP contribution >= 0.6 is 0 Å². The molecule has 10 heteroatoms. The van der Waals surface area contributed by atoms with E-state index in [-0.39, 0.29) is 4.90 Å². The summed E-state index contributed by atoms with van der Waals surface area (Å²) in [6, 6.07) is 12.0. The molecule has 2 aliphatic rings. The van der Waals surface area contributed by atoms with Gasteiger partial charge in [0.1, 0.15) is 5.82 Å². The Morgan fingerprint density at radius 2 is 1.76 bits per heavy atom. The molecule has 0 spiro atoms. The second-order valence-corrected chi connectivity index (χ2v) is 11.7. The van der Waals surface area contributed by atoms with E-state index in [0.29, 0.717) is 22.8 Å². The number of hydrogen-bond donors (Lipinski definition) is 1. The van der Waals surface area contributed by atoms with Crippen LogP contribution in [0.1, 0.15) is 30.7 Å². The third-order valence-electron chi connectivity index (χ3n) is 7.67. The van der Waals surface area contributed by atoms with E-state index >= 15 is 0 Å². The van der Waals surface area contributed by atoms with Gasteiger partial charge in [0.15, 0.2) is 11.5 Å². The maximum atomic E-state index is 13.4. The van der Waals surface area contributed by atoms with Crippen LogP contribution in [-0.4, -0.2) is 58.5 Å². The average Bonchev–Trinajstić information content (AvgIpc) is 3.38. The van der Waals surface area contributed by atoms with E-state index in [2.05, 4.69) is 20.2 Å². The van der Waals surface area contributed by atoms with Gasteiger partial charge < -0.3 is 10.2 Å². The number of fused-ring (bicyclic) bond motifs is 2. The van der Waals surface area contributed by atoms with Crippen molar-refractivity contribution in [2.45, 2.75) is 30.1 Å². The lowest BCUT2D eigenvalue weighted by Crippen LogP contribution is -2.44. The van der Waals surface area contributed by atoms with E-state index in [4.69, 9.17) is 9.97 Å². The molecule has 0 amide bonds. The minimum Gasteiger partial charge on any atom is -0.353 e. The SMILES string of the molecule is O=S(=O)(c1ccccc1)n1ccc2c(-c3nc(N4CCNCC4)c4c(C5CCC5)cncc4n3)ccnc21. The van der Waals surface area contributed by atoms with Crippen LogP contribution in [0.25, 0.3) is 33.3 Å². The zero-order valence-electron chi connectivity index (χ0n) is 20.8. The fourth-order valence-corrected chi connectivity index (χ4v) is 6.78. The average molecular weight is 526 g/mol. The number of nitrogens with one attached hydrogen (secondary N) is 1. The van der Waals surface area contributed by atoms with Crippen LogP contribution in [0.3, 0.4) is 0 Å². The summed E-state index contributed by atoms with van der Waals surface area (Å²) in [6.45, 7) is 3.50. The molecular weight excluding hydrogens is 498 g/mol. The monoisotopic (exact) mass is 525 g/mol. The lowest BCUT2D eigenvalue weighted by atomic mass is 9.79. The topological polar surface area (TPSA) is 106 Å². The zero-order chi connectivity index (χ0) is 25.7. The van der Waals surface area contributed by atoms with Gasteiger partial charge in [0, 0.05) is 61.1 Å². The predicted octanol–water partition coefficient (Wildman–Crippen LogP) is 3.96. The summed E-state index contributed by atoms with van der Waals surface area (Å²) < 4.78 is 28.0. The van der Waals surface area contributed by atoms with Crippen LogP contribution in [0.15, 0.2) is 72.1 Å². The Balaban J connectivity index is 1.42. The van der Waals surface area contributed by atoms with E-state index in [9.17, 15) is 8.42 Å². The van der Waals surface area contributed by atoms with Gasteiger partial charge in [-0.25, -0.2) is 27.3 Å². The molecule has 1 aliphatic carbocycles. The number of benzene rings is 1. The highest BCUT2D eigenvalue weighted by atomic mass is 32.2. The van der Waals surface area contributed by atoms with Gasteiger partial charge in [0.2, 0.25) is 0 Å². The summed E-state index contributed by atoms with van der Waals surface area (Å²) in [5.74, 6) is 1.96. The molecule has 0 atom stereocenters. The smallest absolute Gasteiger partial charge is 0.269 e. The van der Waals surface area contributed by atoms with Crippen LogP contribution in [0.4, 0.5) is 5.82 Å². The number of hydrogen-bond acceptors (Lipinski definition) is 8. The summed E-state index contributed by atoms with van der Waals surface area (Å²) in [5, 5.41) is 5.20. The first kappa shape index (κ1) is 23.2. The molecule has 0 unspecified atom stereocenters. The van der Waals surface area contributed by atoms with E-state index in [1.807, 2.05) is 18.5 Å². The molecule has 7 rings (SSSR count). The van der Waals surface area contributed by atoms with Crippen molar-refractivity contribution >= 4 is 37.8 Å². The molecule has 1 aliphatic heterocycles. The van der Waals surface area contributed by atoms with Gasteiger partial charge in [-0.3, -0.25) is 4.98 Å². The molecule has 0 radical (unpaired) electrons. The molecule has 1 saturated carbocycles. The van der Waals surface area contributed by atoms with Crippen LogP contribution in [0, 0.1) is 0 Å². The van der Waals surface area contributed by atoms with Crippen LogP contribution in [0.5, 0.6) is 0 Å². The third kappa shape index (κ3) is 3.74. The number of anilines is 1. The molecule has 0 bridgehead atoms. The number of pyridine rings is 2. The van der Waals surface area contributed by atoms with E-state index < -0.39 is 10.0 Å². The van der Waals surface area contributed by atoms with Gasteiger partial charge in [-0.2, -0.15) is 0 Å². The molecule has 192 valence electrons. The van der Waals surface area contributed by atoms with Crippen LogP contribution < -0.4 is 10.2 Å². The number of aromatic nitrogens is 5. The minimum atomic E-state index is -3.80. The number of piperazine rings is 1. The first-order valence-electron chi connectivity index (χ1n) is 13.0. The van der Waals surface area contributed by atoms with Crippen molar-refractivity contribution in [3.8, 4) is 11.4 Å². The Hall–Kier alpha value is -3.89. The molecule has 1 aromatic carbocycles. The highest BCUT2D eigenvalue weighted by molar-refractivity contribution is 7.90. The molecule has 5 aromatic rings. The maximum Gasteiger partial charge on any atom is 0.269 e. The second-order valence-electron chi connectivity index (χ2n) is 9.88. The summed E-state index contributed by atoms with van der Waals surface area (Å²) in [7, 11) is -3.80. The summed E-state index contributed by atoms with van der Waals surface area (Å²) in [6.07, 6.45) is 10.5. The number of rotatable bonds is 5. The summed E-state index contributed by atoms with van der Waals surface area (Å²) >= 11 is 0. The zero-order valence-corrected chi connectivity index (χ0v) is 21.6. The van der Waals surface area contributed by atoms with Gasteiger partial charge in [-0.05, 0) is 48.6 Å². The van der Waals surface area contributed by atoms with E-state index in [1.165, 1.54) is 16.0 Å². The minimum absolute atomic E-state index is 0.210. The Morgan fingerprint density at radius 1 is 0.947 bits per heavy atom. The van der Waals surface area contributed by atoms with E-state index in [0.717, 1.165) is 61.3 Å². The second kappa shape index (κ2) is 9.14. The maximum absolute atomic E-state index is 13.4. The fraction of sp³-hybridized carbons (Fsp3) is 0.286. The lowest BCUT2D eigenvalue weighted by Gasteiger charge is -2.32. The Kier molecular flexibility index (Phi) is 5.59. The first-order chi connectivity index (χ1) is 18.6. The predicted molar refractivity (Wildman–Crippen MR) is 147 cm³/mol. The van der Waals surface area contributed by atoms with Crippen molar-refractivity contribution in [2.75, 3.05) is 31.1 Å². The molecular formula is C28H27N7O2S. The third-order valence-corrected chi connectivity index (χ3v) is 9.35. The Labute approximate surface area is 220 Å². The van der Waals surface area contributed by atoms with Gasteiger partial charge in [-0.15, -0.1) is 0 Å². The Morgan fingerprint density at radius 3 is 2.53 bits per heavy atom. The molecule has 38 heavy (non-hydrogen) atoms. The normalized spacial score (nSPS) is 16.7. The molecule has 1 N–H and O–H groups in total. The van der Waals surface area contributed by atoms with Gasteiger partial charge in [0.05, 0.1) is 16.6 Å². The highest BCUT2D eigenvalue weighted by Crippen LogP contribution is 2.42. The molecule has 5 heterocycles. The standard InChI is InChI=1S/C28H27N7O2S/c36-38(37,20-7-2-1-3-8-20)35-14-10-22-21(9-11-31-27(22)35)26-32-24-18-30-17-23(19-5-4-6-19)25(24)28(33-26)34-15-12-29-13-16-34/h1-3,7-11,14,17-19,29H,4-6,12-13,15-16H2. The summed E-state index contributed by atoms with van der Waals surface area (Å²) in [5.41, 5.74) is 3.13. The van der Waals surface area contributed by atoms with Crippen molar-refractivity contribution in [3.63, 3.8) is 0 Å². The fourth-order valence-electron chi connectivity index (χ4n) is 5.45. The van der Waals surface area contributed by atoms with Crippen molar-refractivity contribution in [1.29, 1.82) is 0 Å².